The van der Waals surface area contributed by atoms with Crippen molar-refractivity contribution in [3.63, 3.8) is 0 Å². The highest BCUT2D eigenvalue weighted by molar-refractivity contribution is 5.45. The van der Waals surface area contributed by atoms with E-state index in [1.54, 1.807) is 7.11 Å². The molecule has 0 spiro atoms. The predicted octanol–water partition coefficient (Wildman–Crippen LogP) is 1.27. The van der Waals surface area contributed by atoms with Gasteiger partial charge in [-0.05, 0) is 18.9 Å². The molecule has 0 bridgehead atoms. The zero-order valence-corrected chi connectivity index (χ0v) is 8.68. The summed E-state index contributed by atoms with van der Waals surface area (Å²) in [7, 11) is 1.64. The summed E-state index contributed by atoms with van der Waals surface area (Å²) in [6.45, 7) is 0.206. The number of nitrogens with zero attached hydrogens (tertiary/aromatic N) is 2. The van der Waals surface area contributed by atoms with Crippen LogP contribution in [0.2, 0.25) is 0 Å². The first-order valence-corrected chi connectivity index (χ1v) is 4.96. The molecule has 4 nitrogen and oxygen atoms in total. The van der Waals surface area contributed by atoms with Crippen LogP contribution in [0.3, 0.4) is 0 Å². The quantitative estimate of drug-likeness (QED) is 0.819. The topological polar surface area (TPSA) is 46.8 Å². The Balaban J connectivity index is 2.29. The summed E-state index contributed by atoms with van der Waals surface area (Å²) in [5.74, 6) is 0.807. The van der Waals surface area contributed by atoms with Gasteiger partial charge in [0.2, 0.25) is 0 Å². The number of hydrogen-bond acceptors (Lipinski definition) is 3. The summed E-state index contributed by atoms with van der Waals surface area (Å²) in [5.41, 5.74) is 1.87. The molecule has 0 aromatic carbocycles. The zero-order valence-electron chi connectivity index (χ0n) is 8.68. The number of fused-ring (bicyclic) bond motifs is 1. The molecule has 0 unspecified atom stereocenters. The molecule has 0 saturated carbocycles. The minimum absolute atomic E-state index is 0.206. The van der Waals surface area contributed by atoms with Gasteiger partial charge in [0.1, 0.15) is 11.4 Å². The van der Waals surface area contributed by atoms with Gasteiger partial charge in [0.25, 0.3) is 0 Å². The van der Waals surface area contributed by atoms with Crippen LogP contribution in [0.5, 0.6) is 5.75 Å². The van der Waals surface area contributed by atoms with Crippen LogP contribution in [0.1, 0.15) is 12.1 Å². The summed E-state index contributed by atoms with van der Waals surface area (Å²) >= 11 is 0. The van der Waals surface area contributed by atoms with Crippen LogP contribution in [0.25, 0.3) is 5.65 Å². The molecule has 0 aliphatic rings. The molecule has 0 fully saturated rings. The van der Waals surface area contributed by atoms with Crippen LogP contribution in [-0.4, -0.2) is 28.2 Å². The number of aryl methyl sites for hydroxylation is 1. The van der Waals surface area contributed by atoms with Crippen LogP contribution in [0.4, 0.5) is 0 Å². The van der Waals surface area contributed by atoms with Gasteiger partial charge in [0, 0.05) is 25.1 Å². The lowest BCUT2D eigenvalue weighted by Gasteiger charge is -1.98. The average molecular weight is 206 g/mol. The largest absolute Gasteiger partial charge is 0.497 e. The Bertz CT molecular complexity index is 451. The predicted molar refractivity (Wildman–Crippen MR) is 57.2 cm³/mol. The van der Waals surface area contributed by atoms with Crippen LogP contribution in [-0.2, 0) is 6.42 Å². The van der Waals surface area contributed by atoms with Crippen molar-refractivity contribution in [2.75, 3.05) is 13.7 Å². The first kappa shape index (κ1) is 9.98. The van der Waals surface area contributed by atoms with Gasteiger partial charge >= 0.3 is 0 Å². The number of ether oxygens (including phenoxy) is 1. The summed E-state index contributed by atoms with van der Waals surface area (Å²) in [4.78, 5) is 4.43. The normalized spacial score (nSPS) is 10.8. The Hall–Kier alpha value is -1.55. The van der Waals surface area contributed by atoms with Crippen LogP contribution in [0.15, 0.2) is 24.5 Å². The Morgan fingerprint density at radius 2 is 2.40 bits per heavy atom. The van der Waals surface area contributed by atoms with Crippen molar-refractivity contribution in [2.45, 2.75) is 12.8 Å². The molecule has 0 saturated heterocycles. The van der Waals surface area contributed by atoms with E-state index in [2.05, 4.69) is 4.98 Å². The number of aliphatic hydroxyl groups excluding tert-OH is 1. The van der Waals surface area contributed by atoms with E-state index in [-0.39, 0.29) is 6.61 Å². The molecule has 0 atom stereocenters. The molecular formula is C11H14N2O2. The van der Waals surface area contributed by atoms with Crippen molar-refractivity contribution in [1.29, 1.82) is 0 Å². The third-order valence-corrected chi connectivity index (χ3v) is 2.31. The average Bonchev–Trinajstić information content (AvgIpc) is 2.67. The molecule has 2 heterocycles. The second-order valence-electron chi connectivity index (χ2n) is 3.39. The minimum Gasteiger partial charge on any atom is -0.497 e. The molecule has 0 amide bonds. The number of pyridine rings is 1. The lowest BCUT2D eigenvalue weighted by molar-refractivity contribution is 0.288. The number of hydrogen-bond donors (Lipinski definition) is 1. The maximum Gasteiger partial charge on any atom is 0.140 e. The van der Waals surface area contributed by atoms with E-state index in [1.165, 1.54) is 0 Å². The number of methoxy groups -OCH3 is 1. The first-order valence-electron chi connectivity index (χ1n) is 4.96. The lowest BCUT2D eigenvalue weighted by atomic mass is 10.3. The Morgan fingerprint density at radius 1 is 1.53 bits per heavy atom. The zero-order chi connectivity index (χ0) is 10.7. The van der Waals surface area contributed by atoms with Gasteiger partial charge < -0.3 is 14.2 Å². The number of imidazole rings is 1. The van der Waals surface area contributed by atoms with Gasteiger partial charge in [-0.25, -0.2) is 4.98 Å². The molecule has 2 aromatic heterocycles. The Labute approximate surface area is 88.1 Å². The highest BCUT2D eigenvalue weighted by Crippen LogP contribution is 2.14. The molecule has 4 heteroatoms. The van der Waals surface area contributed by atoms with Crippen molar-refractivity contribution in [2.24, 2.45) is 0 Å². The summed E-state index contributed by atoms with van der Waals surface area (Å²) in [6.07, 6.45) is 5.45. The van der Waals surface area contributed by atoms with Gasteiger partial charge in [-0.15, -0.1) is 0 Å². The van der Waals surface area contributed by atoms with Crippen molar-refractivity contribution < 1.29 is 9.84 Å². The third kappa shape index (κ3) is 2.10. The molecular weight excluding hydrogens is 192 g/mol. The molecule has 2 aromatic rings. The second kappa shape index (κ2) is 4.31. The third-order valence-electron chi connectivity index (χ3n) is 2.31. The molecule has 2 rings (SSSR count). The van der Waals surface area contributed by atoms with Gasteiger partial charge in [-0.1, -0.05) is 0 Å². The van der Waals surface area contributed by atoms with E-state index >= 15 is 0 Å². The SMILES string of the molecule is COc1ccn2cc(CCCO)nc2c1. The van der Waals surface area contributed by atoms with Crippen LogP contribution in [0, 0.1) is 0 Å². The maximum atomic E-state index is 8.73. The van der Waals surface area contributed by atoms with E-state index in [0.29, 0.717) is 0 Å². The molecule has 1 N–H and O–H groups in total. The fraction of sp³-hybridized carbons (Fsp3) is 0.364. The first-order chi connectivity index (χ1) is 7.33. The highest BCUT2D eigenvalue weighted by atomic mass is 16.5. The molecule has 0 radical (unpaired) electrons. The van der Waals surface area contributed by atoms with Gasteiger partial charge in [0.15, 0.2) is 0 Å². The number of aromatic nitrogens is 2. The van der Waals surface area contributed by atoms with Crippen LogP contribution < -0.4 is 4.74 Å². The maximum absolute atomic E-state index is 8.73. The van der Waals surface area contributed by atoms with Crippen molar-refractivity contribution in [3.05, 3.63) is 30.2 Å². The van der Waals surface area contributed by atoms with E-state index in [9.17, 15) is 0 Å². The standard InChI is InChI=1S/C11H14N2O2/c1-15-10-4-5-13-8-9(3-2-6-14)12-11(13)7-10/h4-5,7-8,14H,2-3,6H2,1H3. The number of rotatable bonds is 4. The molecule has 80 valence electrons. The molecule has 0 aliphatic carbocycles. The summed E-state index contributed by atoms with van der Waals surface area (Å²) < 4.78 is 7.07. The lowest BCUT2D eigenvalue weighted by Crippen LogP contribution is -1.88. The fourth-order valence-electron chi connectivity index (χ4n) is 1.52. The monoisotopic (exact) mass is 206 g/mol. The van der Waals surface area contributed by atoms with E-state index in [0.717, 1.165) is 29.9 Å². The summed E-state index contributed by atoms with van der Waals surface area (Å²) in [5, 5.41) is 8.73. The summed E-state index contributed by atoms with van der Waals surface area (Å²) in [6, 6.07) is 3.78. The van der Waals surface area contributed by atoms with Gasteiger partial charge in [0.05, 0.1) is 12.8 Å². The number of aliphatic hydroxyl groups is 1. The van der Waals surface area contributed by atoms with Gasteiger partial charge in [-0.2, -0.15) is 0 Å². The Kier molecular flexibility index (Phi) is 2.87. The van der Waals surface area contributed by atoms with Crippen molar-refractivity contribution in [3.8, 4) is 5.75 Å². The van der Waals surface area contributed by atoms with E-state index in [1.807, 2.05) is 28.9 Å². The van der Waals surface area contributed by atoms with Crippen LogP contribution >= 0.6 is 0 Å². The second-order valence-corrected chi connectivity index (χ2v) is 3.39. The van der Waals surface area contributed by atoms with E-state index in [4.69, 9.17) is 9.84 Å². The molecule has 15 heavy (non-hydrogen) atoms. The van der Waals surface area contributed by atoms with Crippen molar-refractivity contribution >= 4 is 5.65 Å². The minimum atomic E-state index is 0.206. The Morgan fingerprint density at radius 3 is 3.13 bits per heavy atom. The highest BCUT2D eigenvalue weighted by Gasteiger charge is 2.02. The van der Waals surface area contributed by atoms with Gasteiger partial charge in [-0.3, -0.25) is 0 Å². The van der Waals surface area contributed by atoms with Crippen molar-refractivity contribution in [1.82, 2.24) is 9.38 Å². The fourth-order valence-corrected chi connectivity index (χ4v) is 1.52. The molecule has 0 aliphatic heterocycles. The van der Waals surface area contributed by atoms with E-state index < -0.39 is 0 Å². The smallest absolute Gasteiger partial charge is 0.140 e.